The second kappa shape index (κ2) is 6.62. The van der Waals surface area contributed by atoms with E-state index in [0.717, 1.165) is 41.2 Å². The molecule has 0 bridgehead atoms. The number of carbonyl (C=O) groups excluding carboxylic acids is 3. The summed E-state index contributed by atoms with van der Waals surface area (Å²) < 4.78 is 0. The summed E-state index contributed by atoms with van der Waals surface area (Å²) in [7, 11) is 0. The molecule has 1 N–H and O–H groups in total. The Morgan fingerprint density at radius 3 is 2.76 bits per heavy atom. The topological polar surface area (TPSA) is 69.7 Å². The number of benzene rings is 2. The molecule has 29 heavy (non-hydrogen) atoms. The third kappa shape index (κ3) is 2.75. The van der Waals surface area contributed by atoms with Gasteiger partial charge in [0.2, 0.25) is 11.8 Å². The van der Waals surface area contributed by atoms with Gasteiger partial charge in [-0.05, 0) is 55.2 Å². The van der Waals surface area contributed by atoms with Crippen molar-refractivity contribution in [2.45, 2.75) is 42.4 Å². The second-order valence-electron chi connectivity index (χ2n) is 7.66. The molecule has 2 aromatic carbocycles. The normalized spacial score (nSPS) is 22.2. The van der Waals surface area contributed by atoms with E-state index in [9.17, 15) is 14.4 Å². The number of anilines is 3. The molecule has 0 saturated carbocycles. The average molecular weight is 407 g/mol. The molecule has 6 nitrogen and oxygen atoms in total. The van der Waals surface area contributed by atoms with Crippen LogP contribution in [-0.4, -0.2) is 29.1 Å². The van der Waals surface area contributed by atoms with Gasteiger partial charge < -0.3 is 10.2 Å². The van der Waals surface area contributed by atoms with Crippen molar-refractivity contribution in [3.8, 4) is 0 Å². The minimum atomic E-state index is -0.928. The first kappa shape index (κ1) is 18.2. The first-order valence-electron chi connectivity index (χ1n) is 9.83. The molecule has 3 aliphatic rings. The maximum absolute atomic E-state index is 13.4. The van der Waals surface area contributed by atoms with E-state index in [2.05, 4.69) is 5.32 Å². The number of rotatable bonds is 2. The summed E-state index contributed by atoms with van der Waals surface area (Å²) in [5.41, 5.74) is 3.49. The highest BCUT2D eigenvalue weighted by atomic mass is 32.2. The van der Waals surface area contributed by atoms with Crippen molar-refractivity contribution in [3.05, 3.63) is 48.0 Å². The fraction of sp³-hybridized carbons (Fsp3) is 0.318. The van der Waals surface area contributed by atoms with Crippen LogP contribution in [-0.2, 0) is 20.8 Å². The molecule has 0 aromatic heterocycles. The molecule has 7 heteroatoms. The molecule has 3 heterocycles. The van der Waals surface area contributed by atoms with Gasteiger partial charge in [0.05, 0.1) is 5.69 Å². The van der Waals surface area contributed by atoms with E-state index in [1.807, 2.05) is 42.5 Å². The molecular formula is C22H21N3O3S. The summed E-state index contributed by atoms with van der Waals surface area (Å²) in [5.74, 6) is -0.161. The zero-order valence-corrected chi connectivity index (χ0v) is 16.9. The monoisotopic (exact) mass is 407 g/mol. The summed E-state index contributed by atoms with van der Waals surface area (Å²) >= 11 is 1.46. The van der Waals surface area contributed by atoms with Crippen LogP contribution in [0.25, 0.3) is 0 Å². The molecule has 0 aliphatic carbocycles. The van der Waals surface area contributed by atoms with Gasteiger partial charge in [0.1, 0.15) is 0 Å². The fourth-order valence-corrected chi connectivity index (χ4v) is 5.94. The van der Waals surface area contributed by atoms with Crippen LogP contribution < -0.4 is 15.1 Å². The zero-order chi connectivity index (χ0) is 20.2. The van der Waals surface area contributed by atoms with Gasteiger partial charge in [-0.25, -0.2) is 0 Å². The molecule has 5 rings (SSSR count). The van der Waals surface area contributed by atoms with Crippen LogP contribution in [0.2, 0.25) is 0 Å². The standard InChI is InChI=1S/C22H21N3O3S/c1-14(26)24-12-4-5-15-13-16(8-9-17(15)24)23-21(28)22-11-10-20(27)25(22)18-6-2-3-7-19(18)29-22/h2-3,6-9,13H,4-5,10-12H2,1H3,(H,23,28). The van der Waals surface area contributed by atoms with Crippen molar-refractivity contribution in [2.75, 3.05) is 21.7 Å². The van der Waals surface area contributed by atoms with Gasteiger partial charge in [-0.3, -0.25) is 19.3 Å². The minimum absolute atomic E-state index is 0.0138. The summed E-state index contributed by atoms with van der Waals surface area (Å²) in [4.78, 5) is 41.3. The van der Waals surface area contributed by atoms with Gasteiger partial charge in [0.15, 0.2) is 4.87 Å². The molecule has 1 fully saturated rings. The Morgan fingerprint density at radius 1 is 1.10 bits per heavy atom. The third-order valence-electron chi connectivity index (χ3n) is 5.86. The van der Waals surface area contributed by atoms with Gasteiger partial charge >= 0.3 is 0 Å². The highest BCUT2D eigenvalue weighted by Gasteiger charge is 2.57. The number of amides is 3. The minimum Gasteiger partial charge on any atom is -0.323 e. The number of hydrogen-bond acceptors (Lipinski definition) is 4. The van der Waals surface area contributed by atoms with E-state index in [1.165, 1.54) is 11.8 Å². The number of carbonyl (C=O) groups is 3. The molecule has 1 atom stereocenters. The van der Waals surface area contributed by atoms with Gasteiger partial charge in [-0.1, -0.05) is 23.9 Å². The predicted octanol–water partition coefficient (Wildman–Crippen LogP) is 3.55. The molecule has 2 aromatic rings. The Kier molecular flexibility index (Phi) is 4.17. The lowest BCUT2D eigenvalue weighted by atomic mass is 10.0. The molecule has 0 radical (unpaired) electrons. The molecular weight excluding hydrogens is 386 g/mol. The SMILES string of the molecule is CC(=O)N1CCCc2cc(NC(=O)C34CCC(=O)N3c3ccccc3S4)ccc21. The molecule has 1 saturated heterocycles. The lowest BCUT2D eigenvalue weighted by Crippen LogP contribution is -2.49. The smallest absolute Gasteiger partial charge is 0.261 e. The summed E-state index contributed by atoms with van der Waals surface area (Å²) in [6, 6.07) is 13.4. The second-order valence-corrected chi connectivity index (χ2v) is 8.97. The number of nitrogens with one attached hydrogen (secondary N) is 1. The summed E-state index contributed by atoms with van der Waals surface area (Å²) in [6.07, 6.45) is 2.63. The highest BCUT2D eigenvalue weighted by Crippen LogP contribution is 2.56. The Labute approximate surface area is 173 Å². The van der Waals surface area contributed by atoms with E-state index in [1.54, 1.807) is 16.7 Å². The van der Waals surface area contributed by atoms with Crippen LogP contribution in [0.15, 0.2) is 47.4 Å². The van der Waals surface area contributed by atoms with Crippen LogP contribution in [0.3, 0.4) is 0 Å². The number of para-hydroxylation sites is 1. The Bertz CT molecular complexity index is 1050. The van der Waals surface area contributed by atoms with Crippen LogP contribution >= 0.6 is 11.8 Å². The van der Waals surface area contributed by atoms with E-state index < -0.39 is 4.87 Å². The number of aryl methyl sites for hydroxylation is 1. The summed E-state index contributed by atoms with van der Waals surface area (Å²) in [6.45, 7) is 2.30. The summed E-state index contributed by atoms with van der Waals surface area (Å²) in [5, 5.41) is 3.04. The van der Waals surface area contributed by atoms with Crippen molar-refractivity contribution in [1.82, 2.24) is 0 Å². The fourth-order valence-electron chi connectivity index (χ4n) is 4.53. The zero-order valence-electron chi connectivity index (χ0n) is 16.1. The maximum Gasteiger partial charge on any atom is 0.261 e. The quantitative estimate of drug-likeness (QED) is 0.827. The van der Waals surface area contributed by atoms with Crippen LogP contribution in [0.4, 0.5) is 17.1 Å². The van der Waals surface area contributed by atoms with E-state index in [4.69, 9.17) is 0 Å². The molecule has 3 amide bonds. The van der Waals surface area contributed by atoms with E-state index >= 15 is 0 Å². The molecule has 148 valence electrons. The van der Waals surface area contributed by atoms with Crippen LogP contribution in [0, 0.1) is 0 Å². The number of hydrogen-bond donors (Lipinski definition) is 1. The van der Waals surface area contributed by atoms with Crippen molar-refractivity contribution in [1.29, 1.82) is 0 Å². The largest absolute Gasteiger partial charge is 0.323 e. The van der Waals surface area contributed by atoms with Gasteiger partial charge in [0, 0.05) is 36.2 Å². The Hall–Kier alpha value is -2.80. The Morgan fingerprint density at radius 2 is 1.93 bits per heavy atom. The first-order chi connectivity index (χ1) is 14.0. The van der Waals surface area contributed by atoms with Gasteiger partial charge in [-0.2, -0.15) is 0 Å². The van der Waals surface area contributed by atoms with Crippen LogP contribution in [0.5, 0.6) is 0 Å². The van der Waals surface area contributed by atoms with Crippen molar-refractivity contribution in [3.63, 3.8) is 0 Å². The third-order valence-corrected chi connectivity index (χ3v) is 7.34. The van der Waals surface area contributed by atoms with Crippen LogP contribution in [0.1, 0.15) is 31.7 Å². The number of thioether (sulfide) groups is 1. The first-order valence-corrected chi connectivity index (χ1v) is 10.6. The van der Waals surface area contributed by atoms with Crippen molar-refractivity contribution in [2.24, 2.45) is 0 Å². The van der Waals surface area contributed by atoms with Gasteiger partial charge in [0.25, 0.3) is 5.91 Å². The van der Waals surface area contributed by atoms with E-state index in [0.29, 0.717) is 18.5 Å². The molecule has 3 aliphatic heterocycles. The predicted molar refractivity (Wildman–Crippen MR) is 113 cm³/mol. The Balaban J connectivity index is 1.44. The number of nitrogens with zero attached hydrogens (tertiary/aromatic N) is 2. The number of fused-ring (bicyclic) bond motifs is 4. The molecule has 1 unspecified atom stereocenters. The highest BCUT2D eigenvalue weighted by molar-refractivity contribution is 8.02. The molecule has 0 spiro atoms. The van der Waals surface area contributed by atoms with Crippen molar-refractivity contribution < 1.29 is 14.4 Å². The van der Waals surface area contributed by atoms with Crippen molar-refractivity contribution >= 4 is 46.5 Å². The lowest BCUT2D eigenvalue weighted by Gasteiger charge is -2.31. The average Bonchev–Trinajstić information content (AvgIpc) is 3.23. The lowest BCUT2D eigenvalue weighted by molar-refractivity contribution is -0.121. The van der Waals surface area contributed by atoms with Gasteiger partial charge in [-0.15, -0.1) is 0 Å². The maximum atomic E-state index is 13.4. The van der Waals surface area contributed by atoms with E-state index in [-0.39, 0.29) is 17.7 Å².